The minimum atomic E-state index is -0.605. The van der Waals surface area contributed by atoms with Gasteiger partial charge in [-0.3, -0.25) is 0 Å². The highest BCUT2D eigenvalue weighted by Gasteiger charge is 2.35. The van der Waals surface area contributed by atoms with Gasteiger partial charge in [0.15, 0.2) is 0 Å². The van der Waals surface area contributed by atoms with E-state index < -0.39 is 5.60 Å². The van der Waals surface area contributed by atoms with Crippen molar-refractivity contribution in [3.63, 3.8) is 0 Å². The van der Waals surface area contributed by atoms with Crippen LogP contribution in [0.1, 0.15) is 62.6 Å². The quantitative estimate of drug-likeness (QED) is 0.724. The second-order valence-corrected chi connectivity index (χ2v) is 6.85. The Kier molecular flexibility index (Phi) is 3.55. The lowest BCUT2D eigenvalue weighted by atomic mass is 9.82. The zero-order valence-electron chi connectivity index (χ0n) is 12.2. The van der Waals surface area contributed by atoms with Crippen molar-refractivity contribution in [3.05, 3.63) is 34.9 Å². The molecule has 1 aliphatic carbocycles. The molecule has 1 nitrogen and oxygen atoms in total. The number of rotatable bonds is 1. The summed E-state index contributed by atoms with van der Waals surface area (Å²) in [5, 5.41) is 11.0. The smallest absolute Gasteiger partial charge is 0.0896 e. The Labute approximate surface area is 111 Å². The summed E-state index contributed by atoms with van der Waals surface area (Å²) < 4.78 is 0. The van der Waals surface area contributed by atoms with Gasteiger partial charge in [-0.05, 0) is 68.1 Å². The average molecular weight is 246 g/mol. The lowest BCUT2D eigenvalue weighted by molar-refractivity contribution is 0.0180. The van der Waals surface area contributed by atoms with Crippen molar-refractivity contribution in [3.8, 4) is 0 Å². The van der Waals surface area contributed by atoms with Crippen LogP contribution in [0.4, 0.5) is 0 Å². The van der Waals surface area contributed by atoms with Crippen LogP contribution in [-0.4, -0.2) is 5.11 Å². The monoisotopic (exact) mass is 246 g/mol. The number of aliphatic hydroxyl groups is 1. The molecular formula is C17H26O. The van der Waals surface area contributed by atoms with E-state index in [2.05, 4.69) is 45.9 Å². The molecule has 0 bridgehead atoms. The Morgan fingerprint density at radius 1 is 0.944 bits per heavy atom. The summed E-state index contributed by atoms with van der Waals surface area (Å²) in [5.74, 6) is 0. The Hall–Kier alpha value is -0.820. The van der Waals surface area contributed by atoms with E-state index in [1.54, 1.807) is 0 Å². The molecule has 1 aliphatic rings. The molecule has 1 unspecified atom stereocenters. The lowest BCUT2D eigenvalue weighted by Crippen LogP contribution is -2.25. The summed E-state index contributed by atoms with van der Waals surface area (Å²) in [7, 11) is 0. The molecule has 1 saturated carbocycles. The first-order chi connectivity index (χ1) is 8.32. The molecule has 100 valence electrons. The molecule has 1 atom stereocenters. The molecule has 1 aromatic rings. The maximum atomic E-state index is 11.0. The van der Waals surface area contributed by atoms with Crippen molar-refractivity contribution in [2.45, 2.75) is 65.4 Å². The summed E-state index contributed by atoms with van der Waals surface area (Å²) in [4.78, 5) is 0. The summed E-state index contributed by atoms with van der Waals surface area (Å²) in [6, 6.07) is 6.42. The molecule has 1 heteroatoms. The number of hydrogen-bond acceptors (Lipinski definition) is 1. The molecule has 0 spiro atoms. The van der Waals surface area contributed by atoms with Gasteiger partial charge in [-0.15, -0.1) is 0 Å². The van der Waals surface area contributed by atoms with Crippen LogP contribution in [0, 0.1) is 19.3 Å². The minimum Gasteiger partial charge on any atom is -0.385 e. The van der Waals surface area contributed by atoms with E-state index in [1.807, 2.05) is 0 Å². The predicted octanol–water partition coefficient (Wildman–Crippen LogP) is 4.48. The molecule has 0 heterocycles. The van der Waals surface area contributed by atoms with Gasteiger partial charge < -0.3 is 5.11 Å². The van der Waals surface area contributed by atoms with Gasteiger partial charge in [-0.1, -0.05) is 32.0 Å². The number of hydrogen-bond donors (Lipinski definition) is 1. The summed E-state index contributed by atoms with van der Waals surface area (Å²) >= 11 is 0. The van der Waals surface area contributed by atoms with Crippen LogP contribution in [0.5, 0.6) is 0 Å². The lowest BCUT2D eigenvalue weighted by Gasteiger charge is -2.29. The zero-order chi connectivity index (χ0) is 13.4. The number of aryl methyl sites for hydroxylation is 2. The minimum absolute atomic E-state index is 0.379. The predicted molar refractivity (Wildman–Crippen MR) is 76.7 cm³/mol. The molecule has 0 radical (unpaired) electrons. The van der Waals surface area contributed by atoms with Gasteiger partial charge in [-0.25, -0.2) is 0 Å². The largest absolute Gasteiger partial charge is 0.385 e. The first kappa shape index (κ1) is 13.6. The highest BCUT2D eigenvalue weighted by Crippen LogP contribution is 2.42. The van der Waals surface area contributed by atoms with Crippen molar-refractivity contribution < 1.29 is 5.11 Å². The van der Waals surface area contributed by atoms with Gasteiger partial charge >= 0.3 is 0 Å². The summed E-state index contributed by atoms with van der Waals surface area (Å²) in [6.07, 6.45) is 5.24. The van der Waals surface area contributed by atoms with Crippen LogP contribution >= 0.6 is 0 Å². The van der Waals surface area contributed by atoms with Gasteiger partial charge in [0.2, 0.25) is 0 Å². The SMILES string of the molecule is Cc1ccc(C2(O)CCCC(C)(C)CC2)cc1C. The fraction of sp³-hybridized carbons (Fsp3) is 0.647. The third-order valence-corrected chi connectivity index (χ3v) is 4.70. The van der Waals surface area contributed by atoms with E-state index in [4.69, 9.17) is 0 Å². The molecule has 1 aromatic carbocycles. The van der Waals surface area contributed by atoms with Crippen LogP contribution in [0.3, 0.4) is 0 Å². The van der Waals surface area contributed by atoms with Gasteiger partial charge in [0.25, 0.3) is 0 Å². The zero-order valence-corrected chi connectivity index (χ0v) is 12.2. The van der Waals surface area contributed by atoms with Crippen LogP contribution < -0.4 is 0 Å². The third kappa shape index (κ3) is 2.77. The van der Waals surface area contributed by atoms with Gasteiger partial charge in [-0.2, -0.15) is 0 Å². The van der Waals surface area contributed by atoms with E-state index in [0.29, 0.717) is 5.41 Å². The fourth-order valence-electron chi connectivity index (χ4n) is 2.97. The van der Waals surface area contributed by atoms with E-state index in [-0.39, 0.29) is 0 Å². The maximum Gasteiger partial charge on any atom is 0.0896 e. The highest BCUT2D eigenvalue weighted by atomic mass is 16.3. The highest BCUT2D eigenvalue weighted by molar-refractivity contribution is 5.33. The van der Waals surface area contributed by atoms with E-state index in [9.17, 15) is 5.11 Å². The van der Waals surface area contributed by atoms with Crippen LogP contribution in [-0.2, 0) is 5.60 Å². The van der Waals surface area contributed by atoms with Crippen molar-refractivity contribution >= 4 is 0 Å². The molecular weight excluding hydrogens is 220 g/mol. The van der Waals surface area contributed by atoms with Crippen LogP contribution in [0.15, 0.2) is 18.2 Å². The van der Waals surface area contributed by atoms with E-state index >= 15 is 0 Å². The molecule has 2 rings (SSSR count). The summed E-state index contributed by atoms with van der Waals surface area (Å²) in [6.45, 7) is 8.89. The van der Waals surface area contributed by atoms with Crippen LogP contribution in [0.25, 0.3) is 0 Å². The normalized spacial score (nSPS) is 27.8. The maximum absolute atomic E-state index is 11.0. The van der Waals surface area contributed by atoms with Gasteiger partial charge in [0, 0.05) is 0 Å². The van der Waals surface area contributed by atoms with Gasteiger partial charge in [0.1, 0.15) is 0 Å². The molecule has 0 saturated heterocycles. The van der Waals surface area contributed by atoms with Crippen LogP contribution in [0.2, 0.25) is 0 Å². The molecule has 18 heavy (non-hydrogen) atoms. The van der Waals surface area contributed by atoms with Crippen molar-refractivity contribution in [1.82, 2.24) is 0 Å². The molecule has 0 aromatic heterocycles. The third-order valence-electron chi connectivity index (χ3n) is 4.70. The molecule has 0 amide bonds. The Morgan fingerprint density at radius 2 is 1.67 bits per heavy atom. The number of benzene rings is 1. The first-order valence-electron chi connectivity index (χ1n) is 7.13. The Balaban J connectivity index is 2.27. The topological polar surface area (TPSA) is 20.2 Å². The van der Waals surface area contributed by atoms with Crippen molar-refractivity contribution in [2.24, 2.45) is 5.41 Å². The second-order valence-electron chi connectivity index (χ2n) is 6.85. The summed E-state index contributed by atoms with van der Waals surface area (Å²) in [5.41, 5.74) is 3.47. The average Bonchev–Trinajstić information content (AvgIpc) is 2.43. The van der Waals surface area contributed by atoms with E-state index in [0.717, 1.165) is 31.2 Å². The first-order valence-corrected chi connectivity index (χ1v) is 7.13. The Bertz CT molecular complexity index is 433. The van der Waals surface area contributed by atoms with Crippen molar-refractivity contribution in [1.29, 1.82) is 0 Å². The van der Waals surface area contributed by atoms with E-state index in [1.165, 1.54) is 17.5 Å². The van der Waals surface area contributed by atoms with Crippen molar-refractivity contribution in [2.75, 3.05) is 0 Å². The Morgan fingerprint density at radius 3 is 2.33 bits per heavy atom. The molecule has 1 N–H and O–H groups in total. The fourth-order valence-corrected chi connectivity index (χ4v) is 2.97. The molecule has 0 aliphatic heterocycles. The van der Waals surface area contributed by atoms with Gasteiger partial charge in [0.05, 0.1) is 5.60 Å². The molecule has 1 fully saturated rings. The standard InChI is InChI=1S/C17H26O/c1-13-6-7-15(12-14(13)2)17(18)9-5-8-16(3,4)10-11-17/h6-7,12,18H,5,8-11H2,1-4H3. The second kappa shape index (κ2) is 4.70.